The highest BCUT2D eigenvalue weighted by molar-refractivity contribution is 5.40. The lowest BCUT2D eigenvalue weighted by atomic mass is 9.92. The predicted molar refractivity (Wildman–Crippen MR) is 64.3 cm³/mol. The minimum absolute atomic E-state index is 0.595. The van der Waals surface area contributed by atoms with Crippen molar-refractivity contribution in [3.05, 3.63) is 22.5 Å². The van der Waals surface area contributed by atoms with Crippen molar-refractivity contribution >= 4 is 0 Å². The molecule has 0 spiro atoms. The Morgan fingerprint density at radius 1 is 1.27 bits per heavy atom. The minimum atomic E-state index is 0.595. The third-order valence-electron chi connectivity index (χ3n) is 3.41. The first-order valence-corrected chi connectivity index (χ1v) is 6.16. The van der Waals surface area contributed by atoms with E-state index in [1.54, 1.807) is 5.56 Å². The molecule has 0 saturated heterocycles. The fraction of sp³-hybridized carbons (Fsp3) is 0.692. The Balaban J connectivity index is 2.41. The Morgan fingerprint density at radius 3 is 2.67 bits per heavy atom. The van der Waals surface area contributed by atoms with Gasteiger partial charge in [-0.05, 0) is 55.7 Å². The maximum atomic E-state index is 5.71. The SMILES string of the molecule is CC(C)c1[nH]c2c(c1CCN)CCCC2. The zero-order valence-corrected chi connectivity index (χ0v) is 9.90. The molecule has 1 aromatic rings. The van der Waals surface area contributed by atoms with Crippen LogP contribution in [0.25, 0.3) is 0 Å². The Kier molecular flexibility index (Phi) is 3.15. The second-order valence-corrected chi connectivity index (χ2v) is 4.87. The summed E-state index contributed by atoms with van der Waals surface area (Å²) >= 11 is 0. The molecule has 0 radical (unpaired) electrons. The van der Waals surface area contributed by atoms with Crippen molar-refractivity contribution in [2.75, 3.05) is 6.54 Å². The third kappa shape index (κ3) is 1.96. The van der Waals surface area contributed by atoms with Crippen molar-refractivity contribution in [1.82, 2.24) is 4.98 Å². The van der Waals surface area contributed by atoms with Gasteiger partial charge in [-0.1, -0.05) is 13.8 Å². The van der Waals surface area contributed by atoms with Crippen LogP contribution >= 0.6 is 0 Å². The van der Waals surface area contributed by atoms with Crippen LogP contribution in [0.5, 0.6) is 0 Å². The monoisotopic (exact) mass is 206 g/mol. The second kappa shape index (κ2) is 4.40. The molecule has 1 aromatic heterocycles. The van der Waals surface area contributed by atoms with Gasteiger partial charge in [0, 0.05) is 11.4 Å². The maximum Gasteiger partial charge on any atom is 0.0211 e. The molecule has 0 fully saturated rings. The molecule has 0 amide bonds. The summed E-state index contributed by atoms with van der Waals surface area (Å²) in [5, 5.41) is 0. The molecule has 0 aliphatic heterocycles. The van der Waals surface area contributed by atoms with Gasteiger partial charge < -0.3 is 10.7 Å². The van der Waals surface area contributed by atoms with Crippen molar-refractivity contribution in [3.63, 3.8) is 0 Å². The number of aromatic nitrogens is 1. The number of hydrogen-bond acceptors (Lipinski definition) is 1. The summed E-state index contributed by atoms with van der Waals surface area (Å²) in [6.07, 6.45) is 6.22. The zero-order chi connectivity index (χ0) is 10.8. The normalized spacial score (nSPS) is 15.7. The van der Waals surface area contributed by atoms with Crippen LogP contribution in [0.3, 0.4) is 0 Å². The second-order valence-electron chi connectivity index (χ2n) is 4.87. The summed E-state index contributed by atoms with van der Waals surface area (Å²) in [6.45, 7) is 5.29. The first kappa shape index (κ1) is 10.7. The van der Waals surface area contributed by atoms with Crippen molar-refractivity contribution < 1.29 is 0 Å². The van der Waals surface area contributed by atoms with Gasteiger partial charge in [0.1, 0.15) is 0 Å². The predicted octanol–water partition coefficient (Wildman–Crippen LogP) is 2.52. The summed E-state index contributed by atoms with van der Waals surface area (Å²) in [4.78, 5) is 3.63. The van der Waals surface area contributed by atoms with E-state index in [-0.39, 0.29) is 0 Å². The first-order chi connectivity index (χ1) is 7.24. The summed E-state index contributed by atoms with van der Waals surface area (Å²) in [6, 6.07) is 0. The number of hydrogen-bond donors (Lipinski definition) is 2. The Hall–Kier alpha value is -0.760. The molecule has 3 N–H and O–H groups in total. The van der Waals surface area contributed by atoms with Gasteiger partial charge in [-0.25, -0.2) is 0 Å². The Bertz CT molecular complexity index is 337. The number of aryl methyl sites for hydroxylation is 1. The van der Waals surface area contributed by atoms with Crippen LogP contribution in [0, 0.1) is 0 Å². The Morgan fingerprint density at radius 2 is 2.00 bits per heavy atom. The van der Waals surface area contributed by atoms with Gasteiger partial charge in [0.25, 0.3) is 0 Å². The number of nitrogens with one attached hydrogen (secondary N) is 1. The van der Waals surface area contributed by atoms with Crippen LogP contribution in [0.1, 0.15) is 55.1 Å². The maximum absolute atomic E-state index is 5.71. The van der Waals surface area contributed by atoms with E-state index in [0.717, 1.165) is 13.0 Å². The van der Waals surface area contributed by atoms with Crippen molar-refractivity contribution in [3.8, 4) is 0 Å². The molecule has 1 aliphatic carbocycles. The van der Waals surface area contributed by atoms with Gasteiger partial charge in [0.05, 0.1) is 0 Å². The van der Waals surface area contributed by atoms with Gasteiger partial charge in [0.2, 0.25) is 0 Å². The molecule has 2 heteroatoms. The van der Waals surface area contributed by atoms with Gasteiger partial charge in [-0.15, -0.1) is 0 Å². The average molecular weight is 206 g/mol. The van der Waals surface area contributed by atoms with E-state index in [9.17, 15) is 0 Å². The van der Waals surface area contributed by atoms with Gasteiger partial charge in [0.15, 0.2) is 0 Å². The van der Waals surface area contributed by atoms with Crippen molar-refractivity contribution in [2.24, 2.45) is 5.73 Å². The van der Waals surface area contributed by atoms with E-state index >= 15 is 0 Å². The van der Waals surface area contributed by atoms with E-state index < -0.39 is 0 Å². The van der Waals surface area contributed by atoms with Crippen LogP contribution in [0.15, 0.2) is 0 Å². The largest absolute Gasteiger partial charge is 0.362 e. The first-order valence-electron chi connectivity index (χ1n) is 6.16. The lowest BCUT2D eigenvalue weighted by Gasteiger charge is -2.12. The molecule has 0 saturated carbocycles. The summed E-state index contributed by atoms with van der Waals surface area (Å²) in [5.74, 6) is 0.595. The minimum Gasteiger partial charge on any atom is -0.362 e. The van der Waals surface area contributed by atoms with Gasteiger partial charge >= 0.3 is 0 Å². The lowest BCUT2D eigenvalue weighted by molar-refractivity contribution is 0.672. The molecule has 2 rings (SSSR count). The average Bonchev–Trinajstić information content (AvgIpc) is 2.58. The van der Waals surface area contributed by atoms with Crippen LogP contribution in [-0.2, 0) is 19.3 Å². The van der Waals surface area contributed by atoms with Crippen LogP contribution in [0.4, 0.5) is 0 Å². The van der Waals surface area contributed by atoms with E-state index in [0.29, 0.717) is 5.92 Å². The van der Waals surface area contributed by atoms with E-state index in [1.807, 2.05) is 0 Å². The number of rotatable bonds is 3. The molecular formula is C13H22N2. The summed E-state index contributed by atoms with van der Waals surface area (Å²) in [5.41, 5.74) is 11.8. The van der Waals surface area contributed by atoms with E-state index in [2.05, 4.69) is 18.8 Å². The number of aromatic amines is 1. The quantitative estimate of drug-likeness (QED) is 0.784. The molecule has 0 atom stereocenters. The highest BCUT2D eigenvalue weighted by Gasteiger charge is 2.20. The third-order valence-corrected chi connectivity index (χ3v) is 3.41. The van der Waals surface area contributed by atoms with Crippen LogP contribution < -0.4 is 5.73 Å². The number of fused-ring (bicyclic) bond motifs is 1. The van der Waals surface area contributed by atoms with Crippen molar-refractivity contribution in [1.29, 1.82) is 0 Å². The molecule has 1 aliphatic rings. The molecule has 0 aromatic carbocycles. The summed E-state index contributed by atoms with van der Waals surface area (Å²) < 4.78 is 0. The highest BCUT2D eigenvalue weighted by Crippen LogP contribution is 2.30. The highest BCUT2D eigenvalue weighted by atomic mass is 14.8. The van der Waals surface area contributed by atoms with Gasteiger partial charge in [-0.3, -0.25) is 0 Å². The van der Waals surface area contributed by atoms with Gasteiger partial charge in [-0.2, -0.15) is 0 Å². The smallest absolute Gasteiger partial charge is 0.0211 e. The van der Waals surface area contributed by atoms with Crippen LogP contribution in [0.2, 0.25) is 0 Å². The molecule has 0 bridgehead atoms. The molecule has 1 heterocycles. The van der Waals surface area contributed by atoms with E-state index in [4.69, 9.17) is 5.73 Å². The van der Waals surface area contributed by atoms with E-state index in [1.165, 1.54) is 42.6 Å². The topological polar surface area (TPSA) is 41.8 Å². The molecule has 0 unspecified atom stereocenters. The van der Waals surface area contributed by atoms with Crippen molar-refractivity contribution in [2.45, 2.75) is 51.9 Å². The molecule has 2 nitrogen and oxygen atoms in total. The number of H-pyrrole nitrogens is 1. The standard InChI is InChI=1S/C13H22N2/c1-9(2)13-11(7-8-14)10-5-3-4-6-12(10)15-13/h9,15H,3-8,14H2,1-2H3. The number of nitrogens with two attached hydrogens (primary N) is 1. The molecule has 15 heavy (non-hydrogen) atoms. The van der Waals surface area contributed by atoms with Crippen LogP contribution in [-0.4, -0.2) is 11.5 Å². The Labute approximate surface area is 92.3 Å². The fourth-order valence-electron chi connectivity index (χ4n) is 2.70. The summed E-state index contributed by atoms with van der Waals surface area (Å²) in [7, 11) is 0. The zero-order valence-electron chi connectivity index (χ0n) is 9.90. The molecule has 84 valence electrons. The molecular weight excluding hydrogens is 184 g/mol. The fourth-order valence-corrected chi connectivity index (χ4v) is 2.70. The lowest BCUT2D eigenvalue weighted by Crippen LogP contribution is -2.08.